The van der Waals surface area contributed by atoms with Crippen LogP contribution in [0, 0.1) is 5.92 Å². The molecule has 1 saturated carbocycles. The number of carbonyl (C=O) groups excluding carboxylic acids is 2. The van der Waals surface area contributed by atoms with Gasteiger partial charge in [0.1, 0.15) is 0 Å². The lowest BCUT2D eigenvalue weighted by molar-refractivity contribution is -0.141. The van der Waals surface area contributed by atoms with Crippen LogP contribution in [0.3, 0.4) is 0 Å². The Balaban J connectivity index is 1.89. The summed E-state index contributed by atoms with van der Waals surface area (Å²) in [5.74, 6) is -0.272. The Morgan fingerprint density at radius 3 is 2.78 bits per heavy atom. The van der Waals surface area contributed by atoms with Gasteiger partial charge in [0.2, 0.25) is 11.8 Å². The molecule has 102 valence electrons. The van der Waals surface area contributed by atoms with Crippen LogP contribution in [-0.2, 0) is 9.59 Å². The van der Waals surface area contributed by atoms with Gasteiger partial charge in [-0.3, -0.25) is 9.59 Å². The maximum atomic E-state index is 12.2. The van der Waals surface area contributed by atoms with Crippen LogP contribution in [0.1, 0.15) is 38.5 Å². The van der Waals surface area contributed by atoms with E-state index in [9.17, 15) is 14.7 Å². The predicted octanol–water partition coefficient (Wildman–Crippen LogP) is 0.276. The number of likely N-dealkylation sites (N-methyl/N-ethyl adjacent to an activating group) is 1. The molecule has 0 aromatic rings. The molecule has 0 bridgehead atoms. The average Bonchev–Trinajstić information content (AvgIpc) is 2.74. The first-order valence-electron chi connectivity index (χ1n) is 6.74. The van der Waals surface area contributed by atoms with Crippen LogP contribution in [0.25, 0.3) is 0 Å². The van der Waals surface area contributed by atoms with Gasteiger partial charge in [-0.25, -0.2) is 0 Å². The Morgan fingerprint density at radius 2 is 2.17 bits per heavy atom. The summed E-state index contributed by atoms with van der Waals surface area (Å²) in [6.45, 7) is 0.970. The summed E-state index contributed by atoms with van der Waals surface area (Å²) in [5, 5.41) is 13.0. The molecular weight excluding hydrogens is 232 g/mol. The predicted molar refractivity (Wildman–Crippen MR) is 66.8 cm³/mol. The lowest BCUT2D eigenvalue weighted by Crippen LogP contribution is -2.47. The topological polar surface area (TPSA) is 69.6 Å². The molecule has 2 fully saturated rings. The molecule has 1 heterocycles. The van der Waals surface area contributed by atoms with Gasteiger partial charge in [0.15, 0.2) is 0 Å². The minimum Gasteiger partial charge on any atom is -0.388 e. The molecular formula is C13H22N2O3. The van der Waals surface area contributed by atoms with Gasteiger partial charge in [-0.1, -0.05) is 12.8 Å². The Bertz CT molecular complexity index is 337. The van der Waals surface area contributed by atoms with Crippen molar-refractivity contribution in [2.75, 3.05) is 20.1 Å². The summed E-state index contributed by atoms with van der Waals surface area (Å²) in [6, 6.07) is 0. The number of nitrogens with zero attached hydrogens (tertiary/aromatic N) is 1. The molecule has 1 unspecified atom stereocenters. The summed E-state index contributed by atoms with van der Waals surface area (Å²) in [7, 11) is 1.73. The van der Waals surface area contributed by atoms with E-state index in [0.29, 0.717) is 19.5 Å². The van der Waals surface area contributed by atoms with Gasteiger partial charge >= 0.3 is 0 Å². The Morgan fingerprint density at radius 1 is 1.50 bits per heavy atom. The van der Waals surface area contributed by atoms with Crippen LogP contribution in [-0.4, -0.2) is 47.6 Å². The molecule has 1 atom stereocenters. The monoisotopic (exact) mass is 254 g/mol. The van der Waals surface area contributed by atoms with Crippen molar-refractivity contribution in [2.45, 2.75) is 44.1 Å². The zero-order chi connectivity index (χ0) is 13.2. The molecule has 0 aromatic heterocycles. The van der Waals surface area contributed by atoms with Crippen LogP contribution in [0.5, 0.6) is 0 Å². The summed E-state index contributed by atoms with van der Waals surface area (Å²) < 4.78 is 0. The van der Waals surface area contributed by atoms with E-state index in [4.69, 9.17) is 0 Å². The molecule has 0 spiro atoms. The number of carbonyl (C=O) groups is 2. The zero-order valence-electron chi connectivity index (χ0n) is 10.9. The normalized spacial score (nSPS) is 26.8. The van der Waals surface area contributed by atoms with Crippen molar-refractivity contribution in [1.82, 2.24) is 10.2 Å². The highest BCUT2D eigenvalue weighted by atomic mass is 16.3. The zero-order valence-corrected chi connectivity index (χ0v) is 10.9. The Kier molecular flexibility index (Phi) is 3.90. The standard InChI is InChI=1S/C13H22N2O3/c1-15(9-13(18)5-2-3-6-13)12(17)10-4-7-14-11(16)8-10/h10,18H,2-9H2,1H3,(H,14,16). The lowest BCUT2D eigenvalue weighted by atomic mass is 9.95. The average molecular weight is 254 g/mol. The first kappa shape index (κ1) is 13.3. The summed E-state index contributed by atoms with van der Waals surface area (Å²) in [5.41, 5.74) is -0.707. The minimum absolute atomic E-state index is 0.00910. The van der Waals surface area contributed by atoms with Gasteiger partial charge in [0.05, 0.1) is 5.60 Å². The fourth-order valence-corrected chi connectivity index (χ4v) is 3.02. The second-order valence-electron chi connectivity index (χ2n) is 5.67. The van der Waals surface area contributed by atoms with Crippen LogP contribution in [0.4, 0.5) is 0 Å². The number of hydrogen-bond acceptors (Lipinski definition) is 3. The van der Waals surface area contributed by atoms with Crippen molar-refractivity contribution in [1.29, 1.82) is 0 Å². The quantitative estimate of drug-likeness (QED) is 0.760. The first-order chi connectivity index (χ1) is 8.50. The molecule has 2 aliphatic rings. The van der Waals surface area contributed by atoms with Gasteiger partial charge in [-0.2, -0.15) is 0 Å². The highest BCUT2D eigenvalue weighted by Crippen LogP contribution is 2.30. The number of aliphatic hydroxyl groups is 1. The van der Waals surface area contributed by atoms with Crippen molar-refractivity contribution in [3.63, 3.8) is 0 Å². The number of nitrogens with one attached hydrogen (secondary N) is 1. The molecule has 2 amide bonds. The number of piperidine rings is 1. The largest absolute Gasteiger partial charge is 0.388 e. The van der Waals surface area contributed by atoms with Gasteiger partial charge in [-0.15, -0.1) is 0 Å². The van der Waals surface area contributed by atoms with Gasteiger partial charge in [0, 0.05) is 32.5 Å². The minimum atomic E-state index is -0.707. The fourth-order valence-electron chi connectivity index (χ4n) is 3.02. The molecule has 18 heavy (non-hydrogen) atoms. The van der Waals surface area contributed by atoms with Crippen molar-refractivity contribution in [3.05, 3.63) is 0 Å². The third-order valence-electron chi connectivity index (χ3n) is 4.04. The van der Waals surface area contributed by atoms with E-state index in [0.717, 1.165) is 25.7 Å². The van der Waals surface area contributed by atoms with Crippen molar-refractivity contribution >= 4 is 11.8 Å². The van der Waals surface area contributed by atoms with E-state index < -0.39 is 5.60 Å². The highest BCUT2D eigenvalue weighted by molar-refractivity contribution is 5.86. The van der Waals surface area contributed by atoms with Crippen molar-refractivity contribution in [3.8, 4) is 0 Å². The molecule has 5 heteroatoms. The summed E-state index contributed by atoms with van der Waals surface area (Å²) in [4.78, 5) is 25.1. The van der Waals surface area contributed by atoms with Crippen molar-refractivity contribution in [2.24, 2.45) is 5.92 Å². The van der Waals surface area contributed by atoms with Gasteiger partial charge in [0.25, 0.3) is 0 Å². The molecule has 1 aliphatic carbocycles. The summed E-state index contributed by atoms with van der Waals surface area (Å²) in [6.07, 6.45) is 4.59. The van der Waals surface area contributed by atoms with E-state index in [1.165, 1.54) is 0 Å². The first-order valence-corrected chi connectivity index (χ1v) is 6.74. The van der Waals surface area contributed by atoms with Gasteiger partial charge < -0.3 is 15.3 Å². The second-order valence-corrected chi connectivity index (χ2v) is 5.67. The summed E-state index contributed by atoms with van der Waals surface area (Å²) >= 11 is 0. The smallest absolute Gasteiger partial charge is 0.226 e. The van der Waals surface area contributed by atoms with E-state index in [2.05, 4.69) is 5.32 Å². The molecule has 5 nitrogen and oxygen atoms in total. The maximum absolute atomic E-state index is 12.2. The third kappa shape index (κ3) is 3.02. The lowest BCUT2D eigenvalue weighted by Gasteiger charge is -2.32. The SMILES string of the molecule is CN(CC1(O)CCCC1)C(=O)C1CCNC(=O)C1. The van der Waals surface area contributed by atoms with Crippen LogP contribution >= 0.6 is 0 Å². The molecule has 1 aliphatic heterocycles. The molecule has 0 aromatic carbocycles. The second kappa shape index (κ2) is 5.26. The maximum Gasteiger partial charge on any atom is 0.226 e. The number of amides is 2. The number of hydrogen-bond donors (Lipinski definition) is 2. The van der Waals surface area contributed by atoms with E-state index in [1.807, 2.05) is 0 Å². The van der Waals surface area contributed by atoms with Crippen molar-refractivity contribution < 1.29 is 14.7 Å². The number of rotatable bonds is 3. The molecule has 2 N–H and O–H groups in total. The van der Waals surface area contributed by atoms with Crippen LogP contribution in [0.2, 0.25) is 0 Å². The molecule has 2 rings (SSSR count). The third-order valence-corrected chi connectivity index (χ3v) is 4.04. The van der Waals surface area contributed by atoms with E-state index >= 15 is 0 Å². The highest BCUT2D eigenvalue weighted by Gasteiger charge is 2.35. The molecule has 1 saturated heterocycles. The van der Waals surface area contributed by atoms with Gasteiger partial charge in [-0.05, 0) is 19.3 Å². The van der Waals surface area contributed by atoms with E-state index in [-0.39, 0.29) is 24.2 Å². The van der Waals surface area contributed by atoms with Crippen LogP contribution in [0.15, 0.2) is 0 Å². The molecule has 0 radical (unpaired) electrons. The Labute approximate surface area is 108 Å². The van der Waals surface area contributed by atoms with Crippen LogP contribution < -0.4 is 5.32 Å². The Hall–Kier alpha value is -1.10. The fraction of sp³-hybridized carbons (Fsp3) is 0.846. The van der Waals surface area contributed by atoms with E-state index in [1.54, 1.807) is 11.9 Å².